The molecule has 0 fully saturated rings. The number of aryl methyl sites for hydroxylation is 3. The highest BCUT2D eigenvalue weighted by molar-refractivity contribution is 6.31. The van der Waals surface area contributed by atoms with Gasteiger partial charge in [0.25, 0.3) is 0 Å². The highest BCUT2D eigenvalue weighted by atomic mass is 35.5. The normalized spacial score (nSPS) is 10.7. The quantitative estimate of drug-likeness (QED) is 0.633. The summed E-state index contributed by atoms with van der Waals surface area (Å²) in [7, 11) is 1.74. The Morgan fingerprint density at radius 3 is 2.82 bits per heavy atom. The van der Waals surface area contributed by atoms with Gasteiger partial charge in [0, 0.05) is 20.0 Å². The Morgan fingerprint density at radius 1 is 1.55 bits per heavy atom. The molecular weight excluding hydrogens is 312 g/mol. The molecule has 0 unspecified atom stereocenters. The second-order valence-corrected chi connectivity index (χ2v) is 5.12. The molecule has 0 saturated heterocycles. The molecule has 2 rings (SSSR count). The van der Waals surface area contributed by atoms with Crippen LogP contribution in [0.3, 0.4) is 0 Å². The van der Waals surface area contributed by atoms with Crippen LogP contribution in [0.2, 0.25) is 5.02 Å². The standard InChI is InChI=1S/C12H15ClN6O3/c1-8-11(19(21)22)7-18(16-8)4-3-12(20)14-6-10-9(13)5-15-17(10)2/h5,7H,3-4,6H2,1-2H3,(H,14,20). The average Bonchev–Trinajstić information content (AvgIpc) is 2.98. The summed E-state index contributed by atoms with van der Waals surface area (Å²) in [4.78, 5) is 22.0. The Hall–Kier alpha value is -2.42. The van der Waals surface area contributed by atoms with Gasteiger partial charge in [-0.05, 0) is 6.92 Å². The van der Waals surface area contributed by atoms with Crippen LogP contribution >= 0.6 is 11.6 Å². The third-order valence-electron chi connectivity index (χ3n) is 3.15. The van der Waals surface area contributed by atoms with Gasteiger partial charge in [0.1, 0.15) is 11.9 Å². The van der Waals surface area contributed by atoms with Gasteiger partial charge in [0.05, 0.1) is 28.4 Å². The van der Waals surface area contributed by atoms with Crippen molar-refractivity contribution in [3.05, 3.63) is 38.9 Å². The van der Waals surface area contributed by atoms with Crippen LogP contribution in [0.25, 0.3) is 0 Å². The van der Waals surface area contributed by atoms with E-state index in [2.05, 4.69) is 15.5 Å². The number of nitro groups is 1. The van der Waals surface area contributed by atoms with Crippen LogP contribution < -0.4 is 5.32 Å². The van der Waals surface area contributed by atoms with Gasteiger partial charge in [-0.3, -0.25) is 24.3 Å². The predicted octanol–water partition coefficient (Wildman–Crippen LogP) is 1.19. The third-order valence-corrected chi connectivity index (χ3v) is 3.46. The number of rotatable bonds is 6. The second-order valence-electron chi connectivity index (χ2n) is 4.71. The maximum absolute atomic E-state index is 11.8. The molecule has 0 spiro atoms. The lowest BCUT2D eigenvalue weighted by Crippen LogP contribution is -2.25. The molecule has 0 radical (unpaired) electrons. The predicted molar refractivity (Wildman–Crippen MR) is 78.3 cm³/mol. The fraction of sp³-hybridized carbons (Fsp3) is 0.417. The number of nitrogens with one attached hydrogen (secondary N) is 1. The lowest BCUT2D eigenvalue weighted by atomic mass is 10.3. The van der Waals surface area contributed by atoms with E-state index in [1.165, 1.54) is 17.1 Å². The van der Waals surface area contributed by atoms with Gasteiger partial charge in [-0.1, -0.05) is 11.6 Å². The SMILES string of the molecule is Cc1nn(CCC(=O)NCc2c(Cl)cnn2C)cc1[N+](=O)[O-]. The lowest BCUT2D eigenvalue weighted by molar-refractivity contribution is -0.385. The monoisotopic (exact) mass is 326 g/mol. The zero-order chi connectivity index (χ0) is 16.3. The minimum Gasteiger partial charge on any atom is -0.350 e. The van der Waals surface area contributed by atoms with Crippen molar-refractivity contribution in [3.63, 3.8) is 0 Å². The summed E-state index contributed by atoms with van der Waals surface area (Å²) in [5.41, 5.74) is 0.981. The van der Waals surface area contributed by atoms with E-state index in [-0.39, 0.29) is 31.1 Å². The van der Waals surface area contributed by atoms with Gasteiger partial charge in [-0.25, -0.2) is 0 Å². The van der Waals surface area contributed by atoms with Crippen molar-refractivity contribution >= 4 is 23.2 Å². The van der Waals surface area contributed by atoms with E-state index in [1.54, 1.807) is 18.7 Å². The Labute approximate surface area is 131 Å². The number of hydrogen-bond donors (Lipinski definition) is 1. The minimum absolute atomic E-state index is 0.0536. The molecule has 2 aromatic rings. The fourth-order valence-electron chi connectivity index (χ4n) is 1.92. The third kappa shape index (κ3) is 3.61. The summed E-state index contributed by atoms with van der Waals surface area (Å²) in [6, 6.07) is 0. The molecule has 0 atom stereocenters. The molecule has 10 heteroatoms. The van der Waals surface area contributed by atoms with Crippen LogP contribution in [0, 0.1) is 17.0 Å². The smallest absolute Gasteiger partial charge is 0.309 e. The number of carbonyl (C=O) groups excluding carboxylic acids is 1. The molecule has 0 aliphatic carbocycles. The van der Waals surface area contributed by atoms with Crippen LogP contribution in [0.5, 0.6) is 0 Å². The van der Waals surface area contributed by atoms with E-state index >= 15 is 0 Å². The van der Waals surface area contributed by atoms with Crippen LogP contribution in [0.15, 0.2) is 12.4 Å². The van der Waals surface area contributed by atoms with Crippen molar-refractivity contribution in [2.75, 3.05) is 0 Å². The van der Waals surface area contributed by atoms with Gasteiger partial charge < -0.3 is 5.32 Å². The van der Waals surface area contributed by atoms with E-state index < -0.39 is 4.92 Å². The number of aromatic nitrogens is 4. The average molecular weight is 327 g/mol. The number of hydrogen-bond acceptors (Lipinski definition) is 5. The Bertz CT molecular complexity index is 688. The first-order valence-electron chi connectivity index (χ1n) is 6.50. The maximum Gasteiger partial charge on any atom is 0.309 e. The number of nitrogens with zero attached hydrogens (tertiary/aromatic N) is 5. The Balaban J connectivity index is 1.85. The summed E-state index contributed by atoms with van der Waals surface area (Å²) in [6.45, 7) is 2.09. The van der Waals surface area contributed by atoms with Crippen molar-refractivity contribution in [3.8, 4) is 0 Å². The molecule has 0 aliphatic heterocycles. The minimum atomic E-state index is -0.497. The molecule has 2 aromatic heterocycles. The molecule has 0 bridgehead atoms. The molecule has 2 heterocycles. The van der Waals surface area contributed by atoms with E-state index in [4.69, 9.17) is 11.6 Å². The highest BCUT2D eigenvalue weighted by Crippen LogP contribution is 2.15. The molecule has 0 saturated carbocycles. The molecule has 1 N–H and O–H groups in total. The van der Waals surface area contributed by atoms with Gasteiger partial charge in [0.15, 0.2) is 0 Å². The molecule has 0 aromatic carbocycles. The first-order chi connectivity index (χ1) is 10.4. The van der Waals surface area contributed by atoms with Gasteiger partial charge in [0.2, 0.25) is 5.91 Å². The highest BCUT2D eigenvalue weighted by Gasteiger charge is 2.15. The van der Waals surface area contributed by atoms with Crippen LogP contribution in [-0.2, 0) is 24.9 Å². The molecule has 0 aliphatic rings. The summed E-state index contributed by atoms with van der Waals surface area (Å²) in [5.74, 6) is -0.201. The first-order valence-corrected chi connectivity index (χ1v) is 6.87. The molecule has 118 valence electrons. The van der Waals surface area contributed by atoms with E-state index in [0.717, 1.165) is 0 Å². The zero-order valence-corrected chi connectivity index (χ0v) is 12.9. The number of amides is 1. The lowest BCUT2D eigenvalue weighted by Gasteiger charge is -2.06. The summed E-state index contributed by atoms with van der Waals surface area (Å²) < 4.78 is 2.98. The van der Waals surface area contributed by atoms with E-state index in [9.17, 15) is 14.9 Å². The molecule has 9 nitrogen and oxygen atoms in total. The van der Waals surface area contributed by atoms with Crippen molar-refractivity contribution in [1.29, 1.82) is 0 Å². The second kappa shape index (κ2) is 6.56. The summed E-state index contributed by atoms with van der Waals surface area (Å²) in [6.07, 6.45) is 2.99. The van der Waals surface area contributed by atoms with Crippen LogP contribution in [-0.4, -0.2) is 30.4 Å². The largest absolute Gasteiger partial charge is 0.350 e. The zero-order valence-electron chi connectivity index (χ0n) is 12.1. The van der Waals surface area contributed by atoms with E-state index in [0.29, 0.717) is 16.4 Å². The topological polar surface area (TPSA) is 108 Å². The van der Waals surface area contributed by atoms with Crippen LogP contribution in [0.4, 0.5) is 5.69 Å². The van der Waals surface area contributed by atoms with Gasteiger partial charge >= 0.3 is 5.69 Å². The number of halogens is 1. The molecule has 22 heavy (non-hydrogen) atoms. The molecule has 1 amide bonds. The first kappa shape index (κ1) is 16.0. The van der Waals surface area contributed by atoms with Gasteiger partial charge in [-0.2, -0.15) is 10.2 Å². The van der Waals surface area contributed by atoms with Crippen LogP contribution in [0.1, 0.15) is 17.8 Å². The Kier molecular flexibility index (Phi) is 4.76. The van der Waals surface area contributed by atoms with Crippen molar-refractivity contribution < 1.29 is 9.72 Å². The van der Waals surface area contributed by atoms with Gasteiger partial charge in [-0.15, -0.1) is 0 Å². The summed E-state index contributed by atoms with van der Waals surface area (Å²) >= 11 is 5.94. The molecular formula is C12H15ClN6O3. The number of carbonyl (C=O) groups is 1. The summed E-state index contributed by atoms with van der Waals surface area (Å²) in [5, 5.41) is 21.9. The Morgan fingerprint density at radius 2 is 2.27 bits per heavy atom. The van der Waals surface area contributed by atoms with Crippen molar-refractivity contribution in [1.82, 2.24) is 24.9 Å². The van der Waals surface area contributed by atoms with Crippen molar-refractivity contribution in [2.24, 2.45) is 7.05 Å². The fourth-order valence-corrected chi connectivity index (χ4v) is 2.16. The van der Waals surface area contributed by atoms with Crippen molar-refractivity contribution in [2.45, 2.75) is 26.4 Å². The maximum atomic E-state index is 11.8. The van der Waals surface area contributed by atoms with E-state index in [1.807, 2.05) is 0 Å².